The Morgan fingerprint density at radius 1 is 1.29 bits per heavy atom. The lowest BCUT2D eigenvalue weighted by Gasteiger charge is -2.24. The smallest absolute Gasteiger partial charge is 0.233 e. The van der Waals surface area contributed by atoms with E-state index in [1.807, 2.05) is 18.2 Å². The molecule has 0 aliphatic carbocycles. The lowest BCUT2D eigenvalue weighted by Crippen LogP contribution is -2.30. The Bertz CT molecular complexity index is 700. The third-order valence-corrected chi connectivity index (χ3v) is 3.52. The molecule has 2 aromatic rings. The molecule has 2 heterocycles. The average Bonchev–Trinajstić information content (AvgIpc) is 2.48. The number of hydrogen-bond acceptors (Lipinski definition) is 3. The molecule has 0 spiro atoms. The van der Waals surface area contributed by atoms with Crippen molar-refractivity contribution in [2.45, 2.75) is 12.3 Å². The molecule has 1 aromatic carbocycles. The van der Waals surface area contributed by atoms with Gasteiger partial charge in [-0.05, 0) is 23.8 Å². The van der Waals surface area contributed by atoms with Gasteiger partial charge in [-0.15, -0.1) is 0 Å². The normalized spacial score (nSPS) is 16.8. The molecule has 0 bridgehead atoms. The number of pyridine rings is 1. The topological polar surface area (TPSA) is 71.1 Å². The molecule has 2 N–H and O–H groups in total. The number of benzene rings is 1. The van der Waals surface area contributed by atoms with Gasteiger partial charge >= 0.3 is 0 Å². The predicted molar refractivity (Wildman–Crippen MR) is 80.3 cm³/mol. The second kappa shape index (κ2) is 5.54. The van der Waals surface area contributed by atoms with Crippen molar-refractivity contribution < 1.29 is 9.59 Å². The minimum atomic E-state index is -0.521. The number of hydrogen-bond donors (Lipinski definition) is 2. The van der Waals surface area contributed by atoms with Crippen LogP contribution in [0.15, 0.2) is 42.6 Å². The maximum atomic E-state index is 12.4. The van der Waals surface area contributed by atoms with Crippen LogP contribution in [0.4, 0.5) is 11.5 Å². The fraction of sp³-hybridized carbons (Fsp3) is 0.133. The molecule has 0 saturated heterocycles. The first-order valence-electron chi connectivity index (χ1n) is 6.44. The fourth-order valence-corrected chi connectivity index (χ4v) is 2.42. The summed E-state index contributed by atoms with van der Waals surface area (Å²) in [5.74, 6) is -0.537. The van der Waals surface area contributed by atoms with E-state index in [2.05, 4.69) is 15.6 Å². The van der Waals surface area contributed by atoms with E-state index >= 15 is 0 Å². The van der Waals surface area contributed by atoms with E-state index in [9.17, 15) is 9.59 Å². The number of halogens is 1. The maximum Gasteiger partial charge on any atom is 0.233 e. The highest BCUT2D eigenvalue weighted by atomic mass is 35.5. The summed E-state index contributed by atoms with van der Waals surface area (Å²) in [6, 6.07) is 10.6. The van der Waals surface area contributed by atoms with Crippen molar-refractivity contribution in [3.05, 3.63) is 53.2 Å². The summed E-state index contributed by atoms with van der Waals surface area (Å²) >= 11 is 5.75. The van der Waals surface area contributed by atoms with Gasteiger partial charge in [-0.25, -0.2) is 4.98 Å². The number of nitrogens with one attached hydrogen (secondary N) is 2. The maximum absolute atomic E-state index is 12.4. The quantitative estimate of drug-likeness (QED) is 0.896. The van der Waals surface area contributed by atoms with Crippen LogP contribution in [-0.2, 0) is 9.59 Å². The zero-order valence-electron chi connectivity index (χ0n) is 11.0. The number of carbonyl (C=O) groups excluding carboxylic acids is 2. The molecule has 21 heavy (non-hydrogen) atoms. The Morgan fingerprint density at radius 2 is 2.10 bits per heavy atom. The molecule has 106 valence electrons. The van der Waals surface area contributed by atoms with Gasteiger partial charge in [-0.2, -0.15) is 0 Å². The minimum Gasteiger partial charge on any atom is -0.326 e. The van der Waals surface area contributed by atoms with E-state index in [0.717, 1.165) is 5.56 Å². The molecule has 0 fully saturated rings. The second-order valence-electron chi connectivity index (χ2n) is 4.74. The van der Waals surface area contributed by atoms with Gasteiger partial charge in [-0.3, -0.25) is 9.59 Å². The number of nitrogens with zero attached hydrogens (tertiary/aromatic N) is 1. The SMILES string of the molecule is O=C1C[C@H](C(=O)Nc2ccc(Cl)cn2)c2ccccc2N1. The number of anilines is 2. The van der Waals surface area contributed by atoms with Gasteiger partial charge in [0.25, 0.3) is 0 Å². The largest absolute Gasteiger partial charge is 0.326 e. The van der Waals surface area contributed by atoms with Crippen LogP contribution in [0, 0.1) is 0 Å². The van der Waals surface area contributed by atoms with Crippen molar-refractivity contribution in [1.82, 2.24) is 4.98 Å². The molecule has 0 radical (unpaired) electrons. The highest BCUT2D eigenvalue weighted by Gasteiger charge is 2.30. The molecule has 3 rings (SSSR count). The van der Waals surface area contributed by atoms with E-state index in [0.29, 0.717) is 16.5 Å². The van der Waals surface area contributed by atoms with Gasteiger partial charge in [0.05, 0.1) is 10.9 Å². The number of rotatable bonds is 2. The van der Waals surface area contributed by atoms with Crippen molar-refractivity contribution in [1.29, 1.82) is 0 Å². The number of carbonyl (C=O) groups is 2. The first kappa shape index (κ1) is 13.6. The summed E-state index contributed by atoms with van der Waals surface area (Å²) in [5, 5.41) is 5.97. The Balaban J connectivity index is 1.84. The zero-order chi connectivity index (χ0) is 14.8. The van der Waals surface area contributed by atoms with Crippen molar-refractivity contribution in [3.8, 4) is 0 Å². The summed E-state index contributed by atoms with van der Waals surface area (Å²) < 4.78 is 0. The predicted octanol–water partition coefficient (Wildman–Crippen LogP) is 2.80. The first-order valence-corrected chi connectivity index (χ1v) is 6.82. The van der Waals surface area contributed by atoms with E-state index in [4.69, 9.17) is 11.6 Å². The van der Waals surface area contributed by atoms with Gasteiger partial charge in [0, 0.05) is 18.3 Å². The molecule has 2 amide bonds. The number of fused-ring (bicyclic) bond motifs is 1. The number of aromatic nitrogens is 1. The van der Waals surface area contributed by atoms with Gasteiger partial charge in [-0.1, -0.05) is 29.8 Å². The second-order valence-corrected chi connectivity index (χ2v) is 5.18. The Hall–Kier alpha value is -2.40. The monoisotopic (exact) mass is 301 g/mol. The van der Waals surface area contributed by atoms with Gasteiger partial charge < -0.3 is 10.6 Å². The zero-order valence-corrected chi connectivity index (χ0v) is 11.7. The van der Waals surface area contributed by atoms with Crippen molar-refractivity contribution in [2.75, 3.05) is 10.6 Å². The summed E-state index contributed by atoms with van der Waals surface area (Å²) in [6.07, 6.45) is 1.58. The van der Waals surface area contributed by atoms with E-state index in [1.165, 1.54) is 6.20 Å². The van der Waals surface area contributed by atoms with Crippen molar-refractivity contribution >= 4 is 34.9 Å². The third-order valence-electron chi connectivity index (χ3n) is 3.29. The average molecular weight is 302 g/mol. The van der Waals surface area contributed by atoms with Crippen LogP contribution in [0.5, 0.6) is 0 Å². The van der Waals surface area contributed by atoms with Crippen molar-refractivity contribution in [3.63, 3.8) is 0 Å². The third kappa shape index (κ3) is 2.87. The lowest BCUT2D eigenvalue weighted by molar-refractivity contribution is -0.123. The molecule has 1 atom stereocenters. The molecular formula is C15H12ClN3O2. The van der Waals surface area contributed by atoms with E-state index in [-0.39, 0.29) is 18.2 Å². The molecule has 1 aliphatic heterocycles. The van der Waals surface area contributed by atoms with E-state index < -0.39 is 5.92 Å². The molecule has 5 nitrogen and oxygen atoms in total. The molecule has 0 unspecified atom stereocenters. The molecule has 1 aromatic heterocycles. The summed E-state index contributed by atoms with van der Waals surface area (Å²) in [6.45, 7) is 0. The van der Waals surface area contributed by atoms with Crippen LogP contribution in [0.3, 0.4) is 0 Å². The minimum absolute atomic E-state index is 0.121. The summed E-state index contributed by atoms with van der Waals surface area (Å²) in [5.41, 5.74) is 1.49. The van der Waals surface area contributed by atoms with Crippen LogP contribution < -0.4 is 10.6 Å². The van der Waals surface area contributed by atoms with Crippen molar-refractivity contribution in [2.24, 2.45) is 0 Å². The van der Waals surface area contributed by atoms with Gasteiger partial charge in [0.2, 0.25) is 11.8 Å². The Kier molecular flexibility index (Phi) is 3.58. The van der Waals surface area contributed by atoms with Gasteiger partial charge in [0.15, 0.2) is 0 Å². The standard InChI is InChI=1S/C15H12ClN3O2/c16-9-5-6-13(17-8-9)19-15(21)11-7-14(20)18-12-4-2-1-3-10(11)12/h1-6,8,11H,7H2,(H,18,20)(H,17,19,21)/t11-/m0/s1. The van der Waals surface area contributed by atoms with Crippen LogP contribution in [-0.4, -0.2) is 16.8 Å². The van der Waals surface area contributed by atoms with Crippen LogP contribution in [0.2, 0.25) is 5.02 Å². The Labute approximate surface area is 126 Å². The molecule has 1 aliphatic rings. The van der Waals surface area contributed by atoms with E-state index in [1.54, 1.807) is 18.2 Å². The van der Waals surface area contributed by atoms with Gasteiger partial charge in [0.1, 0.15) is 5.82 Å². The van der Waals surface area contributed by atoms with Crippen LogP contribution in [0.25, 0.3) is 0 Å². The molecule has 6 heteroatoms. The fourth-order valence-electron chi connectivity index (χ4n) is 2.31. The van der Waals surface area contributed by atoms with Crippen LogP contribution in [0.1, 0.15) is 17.9 Å². The highest BCUT2D eigenvalue weighted by Crippen LogP contribution is 2.32. The first-order chi connectivity index (χ1) is 10.1. The number of para-hydroxylation sites is 1. The van der Waals surface area contributed by atoms with Crippen LogP contribution >= 0.6 is 11.6 Å². The molecular weight excluding hydrogens is 290 g/mol. The summed E-state index contributed by atoms with van der Waals surface area (Å²) in [4.78, 5) is 28.1. The highest BCUT2D eigenvalue weighted by molar-refractivity contribution is 6.30. The lowest BCUT2D eigenvalue weighted by atomic mass is 9.90. The Morgan fingerprint density at radius 3 is 2.86 bits per heavy atom. The number of amides is 2. The summed E-state index contributed by atoms with van der Waals surface area (Å²) in [7, 11) is 0. The molecule has 0 saturated carbocycles.